The summed E-state index contributed by atoms with van der Waals surface area (Å²) in [6, 6.07) is 6.49. The van der Waals surface area contributed by atoms with Gasteiger partial charge in [0.15, 0.2) is 0 Å². The summed E-state index contributed by atoms with van der Waals surface area (Å²) in [6.45, 7) is 7.13. The van der Waals surface area contributed by atoms with Crippen molar-refractivity contribution in [1.29, 1.82) is 0 Å². The lowest BCUT2D eigenvalue weighted by Gasteiger charge is -2.34. The molecule has 0 spiro atoms. The van der Waals surface area contributed by atoms with Gasteiger partial charge in [-0.15, -0.1) is 0 Å². The van der Waals surface area contributed by atoms with E-state index in [1.165, 1.54) is 24.0 Å². The molecule has 0 saturated carbocycles. The van der Waals surface area contributed by atoms with Gasteiger partial charge >= 0.3 is 0 Å². The quantitative estimate of drug-likeness (QED) is 0.805. The van der Waals surface area contributed by atoms with E-state index >= 15 is 0 Å². The molecule has 1 aliphatic rings. The normalized spacial score (nSPS) is 24.6. The smallest absolute Gasteiger partial charge is 0.0681 e. The summed E-state index contributed by atoms with van der Waals surface area (Å²) in [7, 11) is 0. The zero-order valence-electron chi connectivity index (χ0n) is 10.5. The fourth-order valence-corrected chi connectivity index (χ4v) is 3.17. The molecule has 0 heterocycles. The molecule has 2 atom stereocenters. The van der Waals surface area contributed by atoms with E-state index in [9.17, 15) is 5.11 Å². The second kappa shape index (κ2) is 4.58. The molecule has 0 amide bonds. The van der Waals surface area contributed by atoms with Crippen LogP contribution in [-0.4, -0.2) is 5.11 Å². The summed E-state index contributed by atoms with van der Waals surface area (Å²) >= 11 is 0. The molecule has 2 rings (SSSR count). The van der Waals surface area contributed by atoms with E-state index in [-0.39, 0.29) is 6.61 Å². The molecular formula is C15H22O. The molecule has 1 aromatic rings. The maximum atomic E-state index is 9.23. The van der Waals surface area contributed by atoms with Crippen LogP contribution in [0.5, 0.6) is 0 Å². The standard InChI is InChI=1S/C15H22O/c1-10(2)15-11(3)4-6-13-7-5-12(9-16)8-14(13)15/h5,7-8,10-11,15-16H,4,6,9H2,1-3H3. The number of aliphatic hydroxyl groups is 1. The Morgan fingerprint density at radius 3 is 2.75 bits per heavy atom. The van der Waals surface area contributed by atoms with E-state index in [1.807, 2.05) is 0 Å². The van der Waals surface area contributed by atoms with Crippen molar-refractivity contribution in [2.75, 3.05) is 0 Å². The van der Waals surface area contributed by atoms with Gasteiger partial charge in [-0.25, -0.2) is 0 Å². The van der Waals surface area contributed by atoms with Crippen molar-refractivity contribution in [2.24, 2.45) is 11.8 Å². The van der Waals surface area contributed by atoms with Gasteiger partial charge in [0.1, 0.15) is 0 Å². The molecule has 0 saturated heterocycles. The van der Waals surface area contributed by atoms with E-state index in [0.29, 0.717) is 11.8 Å². The van der Waals surface area contributed by atoms with Gasteiger partial charge in [0.25, 0.3) is 0 Å². The third-order valence-corrected chi connectivity index (χ3v) is 3.95. The fraction of sp³-hybridized carbons (Fsp3) is 0.600. The first-order valence-electron chi connectivity index (χ1n) is 6.36. The van der Waals surface area contributed by atoms with E-state index < -0.39 is 0 Å². The van der Waals surface area contributed by atoms with Gasteiger partial charge < -0.3 is 5.11 Å². The van der Waals surface area contributed by atoms with Crippen LogP contribution in [0.4, 0.5) is 0 Å². The lowest BCUT2D eigenvalue weighted by Crippen LogP contribution is -2.22. The minimum absolute atomic E-state index is 0.159. The van der Waals surface area contributed by atoms with Crippen LogP contribution < -0.4 is 0 Å². The van der Waals surface area contributed by atoms with Gasteiger partial charge in [-0.2, -0.15) is 0 Å². The van der Waals surface area contributed by atoms with Crippen LogP contribution >= 0.6 is 0 Å². The van der Waals surface area contributed by atoms with Crippen LogP contribution in [0.3, 0.4) is 0 Å². The predicted molar refractivity (Wildman–Crippen MR) is 67.4 cm³/mol. The Hall–Kier alpha value is -0.820. The first-order chi connectivity index (χ1) is 7.63. The molecular weight excluding hydrogens is 196 g/mol. The summed E-state index contributed by atoms with van der Waals surface area (Å²) in [5.74, 6) is 2.11. The van der Waals surface area contributed by atoms with Gasteiger partial charge in [0.05, 0.1) is 6.61 Å². The van der Waals surface area contributed by atoms with Crippen molar-refractivity contribution in [3.63, 3.8) is 0 Å². The molecule has 88 valence electrons. The summed E-state index contributed by atoms with van der Waals surface area (Å²) in [4.78, 5) is 0. The van der Waals surface area contributed by atoms with Crippen LogP contribution in [0.15, 0.2) is 18.2 Å². The summed E-state index contributed by atoms with van der Waals surface area (Å²) < 4.78 is 0. The Balaban J connectivity index is 2.44. The Labute approximate surface area is 98.5 Å². The number of hydrogen-bond donors (Lipinski definition) is 1. The first kappa shape index (κ1) is 11.7. The molecule has 1 N–H and O–H groups in total. The van der Waals surface area contributed by atoms with E-state index in [2.05, 4.69) is 39.0 Å². The van der Waals surface area contributed by atoms with Crippen LogP contribution in [0.25, 0.3) is 0 Å². The number of hydrogen-bond acceptors (Lipinski definition) is 1. The highest BCUT2D eigenvalue weighted by Crippen LogP contribution is 2.41. The van der Waals surface area contributed by atoms with Gasteiger partial charge in [-0.05, 0) is 47.3 Å². The minimum atomic E-state index is 0.159. The van der Waals surface area contributed by atoms with Crippen molar-refractivity contribution >= 4 is 0 Å². The summed E-state index contributed by atoms with van der Waals surface area (Å²) in [5.41, 5.74) is 4.04. The second-order valence-corrected chi connectivity index (χ2v) is 5.48. The number of aryl methyl sites for hydroxylation is 1. The third kappa shape index (κ3) is 2.01. The SMILES string of the molecule is CC(C)C1c2cc(CO)ccc2CCC1C. The second-order valence-electron chi connectivity index (χ2n) is 5.48. The summed E-state index contributed by atoms with van der Waals surface area (Å²) in [6.07, 6.45) is 2.50. The molecule has 2 unspecified atom stereocenters. The Morgan fingerprint density at radius 2 is 2.12 bits per heavy atom. The van der Waals surface area contributed by atoms with Crippen molar-refractivity contribution in [3.05, 3.63) is 34.9 Å². The highest BCUT2D eigenvalue weighted by atomic mass is 16.3. The van der Waals surface area contributed by atoms with Gasteiger partial charge in [0.2, 0.25) is 0 Å². The van der Waals surface area contributed by atoms with Gasteiger partial charge in [0, 0.05) is 0 Å². The number of rotatable bonds is 2. The van der Waals surface area contributed by atoms with E-state index in [0.717, 1.165) is 11.5 Å². The van der Waals surface area contributed by atoms with Crippen molar-refractivity contribution in [2.45, 2.75) is 46.1 Å². The van der Waals surface area contributed by atoms with Gasteiger partial charge in [-0.3, -0.25) is 0 Å². The number of fused-ring (bicyclic) bond motifs is 1. The monoisotopic (exact) mass is 218 g/mol. The average molecular weight is 218 g/mol. The highest BCUT2D eigenvalue weighted by molar-refractivity contribution is 5.37. The van der Waals surface area contributed by atoms with Crippen LogP contribution in [0.1, 0.15) is 49.8 Å². The molecule has 1 nitrogen and oxygen atoms in total. The minimum Gasteiger partial charge on any atom is -0.392 e. The van der Waals surface area contributed by atoms with Crippen molar-refractivity contribution in [1.82, 2.24) is 0 Å². The molecule has 0 bridgehead atoms. The summed E-state index contributed by atoms with van der Waals surface area (Å²) in [5, 5.41) is 9.23. The van der Waals surface area contributed by atoms with Gasteiger partial charge in [-0.1, -0.05) is 39.0 Å². The lowest BCUT2D eigenvalue weighted by atomic mass is 9.70. The molecule has 1 aliphatic carbocycles. The molecule has 1 aromatic carbocycles. The Bertz CT molecular complexity index is 368. The predicted octanol–water partition coefficient (Wildman–Crippen LogP) is 3.50. The maximum Gasteiger partial charge on any atom is 0.0681 e. The highest BCUT2D eigenvalue weighted by Gasteiger charge is 2.28. The first-order valence-corrected chi connectivity index (χ1v) is 6.36. The third-order valence-electron chi connectivity index (χ3n) is 3.95. The van der Waals surface area contributed by atoms with E-state index in [1.54, 1.807) is 0 Å². The number of aliphatic hydroxyl groups excluding tert-OH is 1. The molecule has 16 heavy (non-hydrogen) atoms. The molecule has 0 aromatic heterocycles. The molecule has 0 aliphatic heterocycles. The molecule has 0 radical (unpaired) electrons. The van der Waals surface area contributed by atoms with Crippen LogP contribution in [0.2, 0.25) is 0 Å². The maximum absolute atomic E-state index is 9.23. The largest absolute Gasteiger partial charge is 0.392 e. The average Bonchev–Trinajstić information content (AvgIpc) is 2.27. The zero-order chi connectivity index (χ0) is 11.7. The van der Waals surface area contributed by atoms with Crippen molar-refractivity contribution < 1.29 is 5.11 Å². The topological polar surface area (TPSA) is 20.2 Å². The number of benzene rings is 1. The Kier molecular flexibility index (Phi) is 3.34. The van der Waals surface area contributed by atoms with Crippen LogP contribution in [0, 0.1) is 11.8 Å². The lowest BCUT2D eigenvalue weighted by molar-refractivity contribution is 0.280. The Morgan fingerprint density at radius 1 is 1.38 bits per heavy atom. The van der Waals surface area contributed by atoms with Crippen LogP contribution in [-0.2, 0) is 13.0 Å². The fourth-order valence-electron chi connectivity index (χ4n) is 3.17. The molecule has 0 fully saturated rings. The zero-order valence-corrected chi connectivity index (χ0v) is 10.5. The van der Waals surface area contributed by atoms with E-state index in [4.69, 9.17) is 0 Å². The van der Waals surface area contributed by atoms with Crippen molar-refractivity contribution in [3.8, 4) is 0 Å². The molecule has 1 heteroatoms.